The van der Waals surface area contributed by atoms with E-state index in [1.54, 1.807) is 38.1 Å². The predicted molar refractivity (Wildman–Crippen MR) is 78.6 cm³/mol. The third-order valence-electron chi connectivity index (χ3n) is 2.93. The maximum Gasteiger partial charge on any atom is 0.248 e. The molecule has 112 valence electrons. The Morgan fingerprint density at radius 2 is 1.90 bits per heavy atom. The highest BCUT2D eigenvalue weighted by molar-refractivity contribution is 7.89. The van der Waals surface area contributed by atoms with E-state index < -0.39 is 10.0 Å². The summed E-state index contributed by atoms with van der Waals surface area (Å²) in [6.45, 7) is 3.62. The number of nitrogens with zero attached hydrogens (tertiary/aromatic N) is 2. The number of nitrogens with one attached hydrogen (secondary N) is 1. The van der Waals surface area contributed by atoms with Crippen molar-refractivity contribution < 1.29 is 13.2 Å². The lowest BCUT2D eigenvalue weighted by Crippen LogP contribution is -2.28. The Morgan fingerprint density at radius 3 is 2.48 bits per heavy atom. The van der Waals surface area contributed by atoms with E-state index >= 15 is 0 Å². The van der Waals surface area contributed by atoms with Gasteiger partial charge in [-0.1, -0.05) is 18.2 Å². The van der Waals surface area contributed by atoms with Crippen molar-refractivity contribution in [2.75, 3.05) is 6.54 Å². The smallest absolute Gasteiger partial charge is 0.248 e. The van der Waals surface area contributed by atoms with Gasteiger partial charge in [-0.05, 0) is 32.0 Å². The monoisotopic (exact) mass is 307 g/mol. The molecule has 2 rings (SSSR count). The summed E-state index contributed by atoms with van der Waals surface area (Å²) in [5.41, 5.74) is 1.49. The fraction of sp³-hybridized carbons (Fsp3) is 0.286. The average Bonchev–Trinajstić information content (AvgIpc) is 2.78. The normalized spacial score (nSPS) is 11.5. The van der Waals surface area contributed by atoms with E-state index in [2.05, 4.69) is 9.82 Å². The fourth-order valence-electron chi connectivity index (χ4n) is 1.96. The van der Waals surface area contributed by atoms with Crippen LogP contribution in [0.2, 0.25) is 0 Å². The van der Waals surface area contributed by atoms with Gasteiger partial charge in [-0.3, -0.25) is 4.79 Å². The summed E-state index contributed by atoms with van der Waals surface area (Å²) in [6.07, 6.45) is 0.0496. The van der Waals surface area contributed by atoms with Crippen LogP contribution in [0.5, 0.6) is 0 Å². The van der Waals surface area contributed by atoms with Gasteiger partial charge in [-0.2, -0.15) is 5.10 Å². The molecule has 0 atom stereocenters. The van der Waals surface area contributed by atoms with Crippen molar-refractivity contribution in [3.8, 4) is 0 Å². The Balaban J connectivity index is 1.96. The number of hydrogen-bond donors (Lipinski definition) is 1. The van der Waals surface area contributed by atoms with E-state index in [0.717, 1.165) is 11.4 Å². The number of benzene rings is 1. The van der Waals surface area contributed by atoms with Crippen LogP contribution in [0, 0.1) is 13.8 Å². The van der Waals surface area contributed by atoms with Crippen molar-refractivity contribution in [2.45, 2.75) is 25.2 Å². The first kappa shape index (κ1) is 15.4. The Labute approximate surface area is 123 Å². The fourth-order valence-corrected chi connectivity index (χ4v) is 3.02. The Morgan fingerprint density at radius 1 is 1.24 bits per heavy atom. The van der Waals surface area contributed by atoms with Crippen LogP contribution in [0.1, 0.15) is 22.6 Å². The number of carbonyl (C=O) groups excluding carboxylic acids is 1. The molecule has 0 radical (unpaired) electrons. The van der Waals surface area contributed by atoms with E-state index in [-0.39, 0.29) is 23.8 Å². The molecule has 0 aliphatic rings. The Bertz CT molecular complexity index is 736. The molecule has 0 amide bonds. The van der Waals surface area contributed by atoms with Gasteiger partial charge >= 0.3 is 0 Å². The van der Waals surface area contributed by atoms with Gasteiger partial charge in [0.2, 0.25) is 15.9 Å². The molecule has 0 saturated heterocycles. The second-order valence-corrected chi connectivity index (χ2v) is 6.46. The van der Waals surface area contributed by atoms with Gasteiger partial charge in [0.05, 0.1) is 10.6 Å². The second-order valence-electron chi connectivity index (χ2n) is 4.69. The van der Waals surface area contributed by atoms with E-state index in [1.807, 2.05) is 0 Å². The molecular weight excluding hydrogens is 290 g/mol. The molecule has 1 aromatic carbocycles. The number of aryl methyl sites for hydroxylation is 2. The summed E-state index contributed by atoms with van der Waals surface area (Å²) in [7, 11) is -3.57. The number of hydrogen-bond acceptors (Lipinski definition) is 4. The van der Waals surface area contributed by atoms with Crippen molar-refractivity contribution in [3.63, 3.8) is 0 Å². The molecular formula is C14H17N3O3S. The van der Waals surface area contributed by atoms with E-state index in [1.165, 1.54) is 16.8 Å². The van der Waals surface area contributed by atoms with Crippen LogP contribution < -0.4 is 4.72 Å². The first-order chi connectivity index (χ1) is 9.90. The lowest BCUT2D eigenvalue weighted by atomic mass is 10.4. The van der Waals surface area contributed by atoms with Gasteiger partial charge in [-0.15, -0.1) is 0 Å². The zero-order valence-electron chi connectivity index (χ0n) is 11.9. The Kier molecular flexibility index (Phi) is 4.54. The third-order valence-corrected chi connectivity index (χ3v) is 4.41. The second kappa shape index (κ2) is 6.19. The maximum atomic E-state index is 12.0. The summed E-state index contributed by atoms with van der Waals surface area (Å²) in [6, 6.07) is 9.85. The molecule has 0 unspecified atom stereocenters. The van der Waals surface area contributed by atoms with E-state index in [9.17, 15) is 13.2 Å². The lowest BCUT2D eigenvalue weighted by molar-refractivity contribution is 0.0886. The summed E-state index contributed by atoms with van der Waals surface area (Å²) >= 11 is 0. The van der Waals surface area contributed by atoms with Gasteiger partial charge in [0.25, 0.3) is 0 Å². The molecule has 0 saturated carbocycles. The van der Waals surface area contributed by atoms with Crippen LogP contribution in [0.15, 0.2) is 41.3 Å². The van der Waals surface area contributed by atoms with Crippen molar-refractivity contribution >= 4 is 15.9 Å². The molecule has 2 aromatic rings. The maximum absolute atomic E-state index is 12.0. The van der Waals surface area contributed by atoms with Crippen LogP contribution >= 0.6 is 0 Å². The number of rotatable bonds is 5. The largest absolute Gasteiger partial charge is 0.273 e. The van der Waals surface area contributed by atoms with Crippen LogP contribution in [0.4, 0.5) is 0 Å². The molecule has 0 fully saturated rings. The van der Waals surface area contributed by atoms with Crippen LogP contribution in [-0.2, 0) is 10.0 Å². The minimum atomic E-state index is -3.57. The Hall–Kier alpha value is -1.99. The topological polar surface area (TPSA) is 81.1 Å². The van der Waals surface area contributed by atoms with Crippen molar-refractivity contribution in [3.05, 3.63) is 47.8 Å². The molecule has 0 aliphatic carbocycles. The number of carbonyl (C=O) groups is 1. The highest BCUT2D eigenvalue weighted by atomic mass is 32.2. The molecule has 1 heterocycles. The first-order valence-corrected chi connectivity index (χ1v) is 7.99. The molecule has 0 spiro atoms. The molecule has 21 heavy (non-hydrogen) atoms. The summed E-state index contributed by atoms with van der Waals surface area (Å²) in [5, 5.41) is 4.07. The predicted octanol–water partition coefficient (Wildman–Crippen LogP) is 1.51. The van der Waals surface area contributed by atoms with Gasteiger partial charge in [0.1, 0.15) is 0 Å². The average molecular weight is 307 g/mol. The third kappa shape index (κ3) is 3.77. The van der Waals surface area contributed by atoms with Crippen LogP contribution in [-0.4, -0.2) is 30.7 Å². The zero-order chi connectivity index (χ0) is 15.5. The van der Waals surface area contributed by atoms with E-state index in [0.29, 0.717) is 0 Å². The lowest BCUT2D eigenvalue weighted by Gasteiger charge is -2.07. The molecule has 6 nitrogen and oxygen atoms in total. The molecule has 1 N–H and O–H groups in total. The van der Waals surface area contributed by atoms with Crippen molar-refractivity contribution in [1.82, 2.24) is 14.5 Å². The minimum Gasteiger partial charge on any atom is -0.273 e. The SMILES string of the molecule is Cc1cc(C)n(C(=O)CCNS(=O)(=O)c2ccccc2)n1. The quantitative estimate of drug-likeness (QED) is 0.908. The number of aromatic nitrogens is 2. The van der Waals surface area contributed by atoms with Gasteiger partial charge in [0, 0.05) is 18.7 Å². The van der Waals surface area contributed by atoms with Gasteiger partial charge in [-0.25, -0.2) is 17.8 Å². The van der Waals surface area contributed by atoms with Crippen LogP contribution in [0.3, 0.4) is 0 Å². The highest BCUT2D eigenvalue weighted by Gasteiger charge is 2.15. The number of sulfonamides is 1. The first-order valence-electron chi connectivity index (χ1n) is 6.51. The standard InChI is InChI=1S/C14H17N3O3S/c1-11-10-12(2)17(16-11)14(18)8-9-15-21(19,20)13-6-4-3-5-7-13/h3-7,10,15H,8-9H2,1-2H3. The summed E-state index contributed by atoms with van der Waals surface area (Å²) < 4.78 is 27.7. The molecule has 0 bridgehead atoms. The van der Waals surface area contributed by atoms with Crippen molar-refractivity contribution in [1.29, 1.82) is 0 Å². The van der Waals surface area contributed by atoms with Crippen LogP contribution in [0.25, 0.3) is 0 Å². The summed E-state index contributed by atoms with van der Waals surface area (Å²) in [5.74, 6) is -0.239. The zero-order valence-corrected chi connectivity index (χ0v) is 12.7. The minimum absolute atomic E-state index is 0.0361. The van der Waals surface area contributed by atoms with Gasteiger partial charge < -0.3 is 0 Å². The van der Waals surface area contributed by atoms with Gasteiger partial charge in [0.15, 0.2) is 0 Å². The highest BCUT2D eigenvalue weighted by Crippen LogP contribution is 2.07. The molecule has 1 aromatic heterocycles. The summed E-state index contributed by atoms with van der Waals surface area (Å²) in [4.78, 5) is 12.2. The van der Waals surface area contributed by atoms with E-state index in [4.69, 9.17) is 0 Å². The molecule has 0 aliphatic heterocycles. The molecule has 7 heteroatoms. The van der Waals surface area contributed by atoms with Crippen molar-refractivity contribution in [2.24, 2.45) is 0 Å².